The summed E-state index contributed by atoms with van der Waals surface area (Å²) in [5.74, 6) is 0.431. The van der Waals surface area contributed by atoms with Crippen LogP contribution in [0.25, 0.3) is 33.7 Å². The van der Waals surface area contributed by atoms with Gasteiger partial charge in [0.1, 0.15) is 24.2 Å². The second-order valence-corrected chi connectivity index (χ2v) is 9.89. The Hall–Kier alpha value is -5.11. The first-order valence-electron chi connectivity index (χ1n) is 12.3. The number of aromatic hydroxyl groups is 1. The number of nitrogens with zero attached hydrogens (tertiary/aromatic N) is 7. The van der Waals surface area contributed by atoms with Crippen LogP contribution in [-0.2, 0) is 12.0 Å². The van der Waals surface area contributed by atoms with E-state index in [1.54, 1.807) is 18.3 Å². The minimum Gasteiger partial charge on any atom is -0.507 e. The second kappa shape index (κ2) is 9.33. The lowest BCUT2D eigenvalue weighted by atomic mass is 10.0. The van der Waals surface area contributed by atoms with Crippen molar-refractivity contribution in [3.8, 4) is 40.3 Å². The van der Waals surface area contributed by atoms with Gasteiger partial charge in [-0.3, -0.25) is 14.5 Å². The van der Waals surface area contributed by atoms with Crippen molar-refractivity contribution in [2.45, 2.75) is 25.8 Å². The molecule has 194 valence electrons. The molecule has 1 aromatic carbocycles. The molecule has 0 unspecified atom stereocenters. The minimum atomic E-state index is -0.480. The van der Waals surface area contributed by atoms with Crippen molar-refractivity contribution in [2.75, 3.05) is 18.5 Å². The fourth-order valence-corrected chi connectivity index (χ4v) is 4.62. The molecule has 0 amide bonds. The molecule has 39 heavy (non-hydrogen) atoms. The number of ether oxygens (including phenoxy) is 1. The molecule has 0 saturated heterocycles. The van der Waals surface area contributed by atoms with Crippen LogP contribution in [0.2, 0.25) is 0 Å². The van der Waals surface area contributed by atoms with Crippen LogP contribution < -0.4 is 10.1 Å². The number of nitriles is 1. The average molecular weight is 523 g/mol. The van der Waals surface area contributed by atoms with E-state index in [-0.39, 0.29) is 11.3 Å². The predicted molar refractivity (Wildman–Crippen MR) is 142 cm³/mol. The monoisotopic (exact) mass is 522 g/mol. The van der Waals surface area contributed by atoms with Gasteiger partial charge in [-0.25, -0.2) is 14.4 Å². The van der Waals surface area contributed by atoms with Crippen LogP contribution in [0.4, 0.5) is 10.2 Å². The molecule has 0 fully saturated rings. The molecule has 10 nitrogen and oxygen atoms in total. The summed E-state index contributed by atoms with van der Waals surface area (Å²) in [5, 5.41) is 23.0. The van der Waals surface area contributed by atoms with E-state index in [0.29, 0.717) is 70.6 Å². The van der Waals surface area contributed by atoms with Gasteiger partial charge in [-0.05, 0) is 50.1 Å². The van der Waals surface area contributed by atoms with E-state index in [0.717, 1.165) is 11.8 Å². The molecule has 0 bridgehead atoms. The number of hydrogen-bond acceptors (Lipinski definition) is 9. The number of hydrogen-bond donors (Lipinski definition) is 2. The summed E-state index contributed by atoms with van der Waals surface area (Å²) in [6.07, 6.45) is 6.33. The lowest BCUT2D eigenvalue weighted by molar-refractivity contribution is 0.268. The number of fused-ring (bicyclic) bond motifs is 3. The molecule has 5 heterocycles. The topological polar surface area (TPSA) is 135 Å². The molecule has 0 aliphatic carbocycles. The Labute approximate surface area is 222 Å². The molecule has 0 spiro atoms. The van der Waals surface area contributed by atoms with Gasteiger partial charge in [-0.1, -0.05) is 6.07 Å². The van der Waals surface area contributed by atoms with Gasteiger partial charge >= 0.3 is 0 Å². The normalized spacial score (nSPS) is 13.6. The number of anilines is 1. The van der Waals surface area contributed by atoms with Crippen LogP contribution in [-0.4, -0.2) is 47.7 Å². The molecule has 0 radical (unpaired) electrons. The highest BCUT2D eigenvalue weighted by atomic mass is 19.1. The molecule has 0 atom stereocenters. The van der Waals surface area contributed by atoms with E-state index in [1.165, 1.54) is 18.5 Å². The Morgan fingerprint density at radius 3 is 2.72 bits per heavy atom. The highest BCUT2D eigenvalue weighted by Gasteiger charge is 2.36. The summed E-state index contributed by atoms with van der Waals surface area (Å²) < 4.78 is 21.7. The number of phenols is 1. The Kier molecular flexibility index (Phi) is 5.80. The van der Waals surface area contributed by atoms with Crippen molar-refractivity contribution < 1.29 is 14.2 Å². The summed E-state index contributed by atoms with van der Waals surface area (Å²) >= 11 is 0. The maximum absolute atomic E-state index is 14.0. The zero-order valence-electron chi connectivity index (χ0n) is 21.2. The Morgan fingerprint density at radius 1 is 1.08 bits per heavy atom. The van der Waals surface area contributed by atoms with Crippen LogP contribution in [0.15, 0.2) is 55.1 Å². The van der Waals surface area contributed by atoms with Gasteiger partial charge in [-0.2, -0.15) is 10.2 Å². The van der Waals surface area contributed by atoms with E-state index in [4.69, 9.17) is 9.72 Å². The first kappa shape index (κ1) is 24.2. The summed E-state index contributed by atoms with van der Waals surface area (Å²) in [6, 6.07) is 10.9. The van der Waals surface area contributed by atoms with Crippen molar-refractivity contribution >= 4 is 17.0 Å². The molecule has 11 heteroatoms. The lowest BCUT2D eigenvalue weighted by Gasteiger charge is -2.18. The molecule has 1 aliphatic rings. The fourth-order valence-electron chi connectivity index (χ4n) is 4.62. The molecule has 2 N–H and O–H groups in total. The number of aromatic nitrogens is 6. The average Bonchev–Trinajstić information content (AvgIpc) is 3.46. The quantitative estimate of drug-likeness (QED) is 0.332. The zero-order chi connectivity index (χ0) is 27.1. The number of imidazole rings is 1. The Bertz CT molecular complexity index is 1780. The van der Waals surface area contributed by atoms with Gasteiger partial charge in [0.2, 0.25) is 0 Å². The third-order valence-corrected chi connectivity index (χ3v) is 6.54. The fraction of sp³-hybridized carbons (Fsp3) is 0.214. The molecule has 6 rings (SSSR count). The van der Waals surface area contributed by atoms with E-state index in [9.17, 15) is 14.8 Å². The van der Waals surface area contributed by atoms with Gasteiger partial charge in [0.05, 0.1) is 17.3 Å². The number of phenolic OH excluding ortho intramolecular Hbond substituents is 1. The second-order valence-electron chi connectivity index (χ2n) is 9.89. The zero-order valence-corrected chi connectivity index (χ0v) is 21.2. The SMILES string of the molecule is CC1(C)COc2nc3c(NCCc4ccc(O)c(-c5cncc(C#N)c5)c4)nc(-c4cncc(F)c4)nc3n21. The first-order chi connectivity index (χ1) is 18.8. The van der Waals surface area contributed by atoms with Crippen LogP contribution >= 0.6 is 0 Å². The largest absolute Gasteiger partial charge is 0.507 e. The summed E-state index contributed by atoms with van der Waals surface area (Å²) in [5.41, 5.74) is 3.83. The van der Waals surface area contributed by atoms with Crippen molar-refractivity contribution in [3.63, 3.8) is 0 Å². The van der Waals surface area contributed by atoms with Gasteiger partial charge in [0.25, 0.3) is 6.01 Å². The highest BCUT2D eigenvalue weighted by Crippen LogP contribution is 2.37. The van der Waals surface area contributed by atoms with Crippen LogP contribution in [0.3, 0.4) is 0 Å². The van der Waals surface area contributed by atoms with Crippen molar-refractivity contribution in [2.24, 2.45) is 0 Å². The third kappa shape index (κ3) is 4.46. The van der Waals surface area contributed by atoms with Gasteiger partial charge < -0.3 is 15.2 Å². The molecule has 0 saturated carbocycles. The van der Waals surface area contributed by atoms with Gasteiger partial charge in [-0.15, -0.1) is 0 Å². The number of rotatable bonds is 6. The lowest BCUT2D eigenvalue weighted by Crippen LogP contribution is -2.25. The smallest absolute Gasteiger partial charge is 0.299 e. The first-order valence-corrected chi connectivity index (χ1v) is 12.3. The summed E-state index contributed by atoms with van der Waals surface area (Å²) in [4.78, 5) is 22.1. The van der Waals surface area contributed by atoms with E-state index < -0.39 is 5.82 Å². The maximum Gasteiger partial charge on any atom is 0.299 e. The minimum absolute atomic E-state index is 0.101. The Balaban J connectivity index is 1.32. The van der Waals surface area contributed by atoms with E-state index >= 15 is 0 Å². The third-order valence-electron chi connectivity index (χ3n) is 6.54. The molecular formula is C28H23FN8O2. The maximum atomic E-state index is 14.0. The number of pyridine rings is 2. The number of halogens is 1. The predicted octanol–water partition coefficient (Wildman–Crippen LogP) is 4.45. The molecular weight excluding hydrogens is 499 g/mol. The summed E-state index contributed by atoms with van der Waals surface area (Å²) in [6.45, 7) is 5.02. The standard InChI is InChI=1S/C28H23FN8O2/c1-28(2)15-39-27-34-23-25(35-24(36-26(23)37(27)28)19-9-20(29)14-32-13-19)33-6-5-16-3-4-22(38)21(8-16)18-7-17(10-30)11-31-12-18/h3-4,7-9,11-14,38H,5-6,15H2,1-2H3,(H,33,35,36). The Morgan fingerprint density at radius 2 is 1.90 bits per heavy atom. The number of nitrogens with one attached hydrogen (secondary N) is 1. The van der Waals surface area contributed by atoms with Crippen LogP contribution in [0.1, 0.15) is 25.0 Å². The van der Waals surface area contributed by atoms with E-state index in [2.05, 4.69) is 31.3 Å². The molecule has 1 aliphatic heterocycles. The van der Waals surface area contributed by atoms with Crippen molar-refractivity contribution in [1.82, 2.24) is 29.5 Å². The molecule has 4 aromatic heterocycles. The highest BCUT2D eigenvalue weighted by molar-refractivity contribution is 5.86. The number of benzene rings is 1. The van der Waals surface area contributed by atoms with Crippen LogP contribution in [0, 0.1) is 17.1 Å². The molecule has 5 aromatic rings. The van der Waals surface area contributed by atoms with Gasteiger partial charge in [0, 0.05) is 41.8 Å². The van der Waals surface area contributed by atoms with E-state index in [1.807, 2.05) is 30.5 Å². The van der Waals surface area contributed by atoms with Gasteiger partial charge in [0.15, 0.2) is 22.8 Å². The van der Waals surface area contributed by atoms with Crippen molar-refractivity contribution in [1.29, 1.82) is 5.26 Å². The summed E-state index contributed by atoms with van der Waals surface area (Å²) in [7, 11) is 0. The van der Waals surface area contributed by atoms with Crippen molar-refractivity contribution in [3.05, 3.63) is 72.1 Å². The van der Waals surface area contributed by atoms with Crippen LogP contribution in [0.5, 0.6) is 11.8 Å².